The van der Waals surface area contributed by atoms with Crippen molar-refractivity contribution in [2.24, 2.45) is 0 Å². The molecule has 0 spiro atoms. The van der Waals surface area contributed by atoms with Crippen LogP contribution in [0.2, 0.25) is 11.3 Å². The van der Waals surface area contributed by atoms with E-state index in [0.717, 1.165) is 0 Å². The minimum Gasteiger partial charge on any atom is -0.449 e. The monoisotopic (exact) mass is 246 g/mol. The Balaban J connectivity index is 0.00000169. The van der Waals surface area contributed by atoms with Gasteiger partial charge in [-0.05, 0) is 11.6 Å². The Morgan fingerprint density at radius 2 is 1.71 bits per heavy atom. The van der Waals surface area contributed by atoms with E-state index in [-0.39, 0.29) is 57.8 Å². The molecule has 0 nitrogen and oxygen atoms in total. The van der Waals surface area contributed by atoms with Crippen LogP contribution in [0.15, 0.2) is 24.3 Å². The zero-order valence-corrected chi connectivity index (χ0v) is 11.7. The van der Waals surface area contributed by atoms with E-state index < -0.39 is 13.3 Å². The molecule has 0 bridgehead atoms. The van der Waals surface area contributed by atoms with Crippen molar-refractivity contribution >= 4 is 18.6 Å². The molecule has 0 N–H and O–H groups in total. The fraction of sp³-hybridized carbons (Fsp3) is 0.250. The molecule has 0 heterocycles. The largest absolute Gasteiger partial charge is 1.00 e. The van der Waals surface area contributed by atoms with E-state index >= 15 is 0 Å². The standard InChI is InChI=1S/C8H8BClF3.K/c10-8-4-2-1-3-7(8)5-6-9(11,12)13;/h1-4H,5-6H2;/q-1;+1. The van der Waals surface area contributed by atoms with Gasteiger partial charge in [0.25, 0.3) is 0 Å². The molecular formula is C8H8BClF3K. The van der Waals surface area contributed by atoms with Gasteiger partial charge in [-0.2, -0.15) is 0 Å². The van der Waals surface area contributed by atoms with E-state index in [1.165, 1.54) is 0 Å². The smallest absolute Gasteiger partial charge is 0.449 e. The number of hydrogen-bond donors (Lipinski definition) is 0. The van der Waals surface area contributed by atoms with Crippen molar-refractivity contribution in [2.75, 3.05) is 0 Å². The zero-order valence-electron chi connectivity index (χ0n) is 7.81. The first-order valence-corrected chi connectivity index (χ1v) is 4.31. The molecule has 0 aliphatic rings. The van der Waals surface area contributed by atoms with Gasteiger partial charge >= 0.3 is 58.4 Å². The summed E-state index contributed by atoms with van der Waals surface area (Å²) in [6.45, 7) is -4.70. The third-order valence-electron chi connectivity index (χ3n) is 1.70. The molecule has 72 valence electrons. The molecule has 0 aliphatic carbocycles. The van der Waals surface area contributed by atoms with Gasteiger partial charge in [-0.3, -0.25) is 0 Å². The molecule has 1 aromatic rings. The van der Waals surface area contributed by atoms with Gasteiger partial charge in [0.1, 0.15) is 0 Å². The summed E-state index contributed by atoms with van der Waals surface area (Å²) in [4.78, 5) is 0. The first-order chi connectivity index (χ1) is 5.99. The topological polar surface area (TPSA) is 0 Å². The van der Waals surface area contributed by atoms with Gasteiger partial charge in [-0.25, -0.2) is 0 Å². The maximum atomic E-state index is 11.9. The van der Waals surface area contributed by atoms with Crippen LogP contribution >= 0.6 is 11.6 Å². The SMILES string of the molecule is F[B-](F)(F)CCc1ccccc1Cl.[K+]. The van der Waals surface area contributed by atoms with Crippen LogP contribution in [-0.4, -0.2) is 6.98 Å². The summed E-state index contributed by atoms with van der Waals surface area (Å²) in [7, 11) is 0. The van der Waals surface area contributed by atoms with Gasteiger partial charge in [0.05, 0.1) is 0 Å². The van der Waals surface area contributed by atoms with Crippen molar-refractivity contribution in [3.05, 3.63) is 34.9 Å². The van der Waals surface area contributed by atoms with Crippen molar-refractivity contribution in [2.45, 2.75) is 12.7 Å². The number of hydrogen-bond acceptors (Lipinski definition) is 0. The first kappa shape index (κ1) is 15.0. The predicted octanol–water partition coefficient (Wildman–Crippen LogP) is 0.734. The van der Waals surface area contributed by atoms with Gasteiger partial charge < -0.3 is 12.9 Å². The molecule has 1 aromatic carbocycles. The van der Waals surface area contributed by atoms with Crippen LogP contribution in [0.5, 0.6) is 0 Å². The zero-order chi connectivity index (χ0) is 9.90. The van der Waals surface area contributed by atoms with E-state index in [0.29, 0.717) is 10.6 Å². The van der Waals surface area contributed by atoms with Gasteiger partial charge in [0.15, 0.2) is 0 Å². The molecule has 0 saturated carbocycles. The molecule has 0 aromatic heterocycles. The maximum absolute atomic E-state index is 11.9. The van der Waals surface area contributed by atoms with Gasteiger partial charge in [-0.15, -0.1) is 0 Å². The summed E-state index contributed by atoms with van der Waals surface area (Å²) in [6.07, 6.45) is -0.785. The Hall–Kier alpha value is 1.00. The molecule has 0 saturated heterocycles. The normalized spacial score (nSPS) is 10.9. The van der Waals surface area contributed by atoms with Gasteiger partial charge in [0.2, 0.25) is 0 Å². The summed E-state index contributed by atoms with van der Waals surface area (Å²) >= 11 is 5.69. The Bertz CT molecular complexity index is 290. The predicted molar refractivity (Wildman–Crippen MR) is 49.0 cm³/mol. The van der Waals surface area contributed by atoms with Gasteiger partial charge in [0, 0.05) is 5.02 Å². The second-order valence-electron chi connectivity index (χ2n) is 2.84. The first-order valence-electron chi connectivity index (χ1n) is 3.93. The minimum atomic E-state index is -4.70. The van der Waals surface area contributed by atoms with Crippen molar-refractivity contribution < 1.29 is 64.3 Å². The fourth-order valence-electron chi connectivity index (χ4n) is 1.02. The number of benzene rings is 1. The van der Waals surface area contributed by atoms with Crippen LogP contribution in [0.25, 0.3) is 0 Å². The van der Waals surface area contributed by atoms with Crippen LogP contribution in [-0.2, 0) is 6.42 Å². The molecule has 14 heavy (non-hydrogen) atoms. The maximum Gasteiger partial charge on any atom is 1.00 e. The molecule has 0 fully saturated rings. The fourth-order valence-corrected chi connectivity index (χ4v) is 1.25. The molecule has 6 heteroatoms. The third kappa shape index (κ3) is 5.78. The van der Waals surface area contributed by atoms with Crippen molar-refractivity contribution in [1.82, 2.24) is 0 Å². The molecule has 0 radical (unpaired) electrons. The molecule has 0 aliphatic heterocycles. The van der Waals surface area contributed by atoms with E-state index in [1.807, 2.05) is 0 Å². The van der Waals surface area contributed by atoms with Crippen molar-refractivity contribution in [3.63, 3.8) is 0 Å². The van der Waals surface area contributed by atoms with E-state index in [4.69, 9.17) is 11.6 Å². The molecule has 1 rings (SSSR count). The van der Waals surface area contributed by atoms with Gasteiger partial charge in [-0.1, -0.05) is 42.5 Å². The van der Waals surface area contributed by atoms with Crippen LogP contribution in [0.3, 0.4) is 0 Å². The van der Waals surface area contributed by atoms with E-state index in [9.17, 15) is 12.9 Å². The number of aryl methyl sites for hydroxylation is 1. The Labute approximate surface area is 129 Å². The van der Waals surface area contributed by atoms with E-state index in [2.05, 4.69) is 0 Å². The Morgan fingerprint density at radius 1 is 1.14 bits per heavy atom. The quantitative estimate of drug-likeness (QED) is 0.690. The second kappa shape index (κ2) is 6.56. The molecular weight excluding hydrogens is 238 g/mol. The number of rotatable bonds is 3. The molecule has 0 atom stereocenters. The average molecular weight is 247 g/mol. The van der Waals surface area contributed by atoms with Crippen LogP contribution in [0.4, 0.5) is 12.9 Å². The summed E-state index contributed by atoms with van der Waals surface area (Å²) in [5, 5.41) is 0.405. The molecule has 0 unspecified atom stereocenters. The van der Waals surface area contributed by atoms with Crippen molar-refractivity contribution in [1.29, 1.82) is 0 Å². The summed E-state index contributed by atoms with van der Waals surface area (Å²) < 4.78 is 35.7. The van der Waals surface area contributed by atoms with Crippen LogP contribution in [0.1, 0.15) is 5.56 Å². The number of halogens is 4. The van der Waals surface area contributed by atoms with Crippen LogP contribution in [0, 0.1) is 0 Å². The Morgan fingerprint density at radius 3 is 2.21 bits per heavy atom. The van der Waals surface area contributed by atoms with Crippen LogP contribution < -0.4 is 51.4 Å². The third-order valence-corrected chi connectivity index (χ3v) is 2.07. The summed E-state index contributed by atoms with van der Waals surface area (Å²) in [6, 6.07) is 6.60. The van der Waals surface area contributed by atoms with E-state index in [1.54, 1.807) is 24.3 Å². The minimum absolute atomic E-state index is 0. The Kier molecular flexibility index (Phi) is 7.02. The second-order valence-corrected chi connectivity index (χ2v) is 3.25. The average Bonchev–Trinajstić information content (AvgIpc) is 2.01. The van der Waals surface area contributed by atoms with Crippen molar-refractivity contribution in [3.8, 4) is 0 Å². The molecule has 0 amide bonds. The summed E-state index contributed by atoms with van der Waals surface area (Å²) in [5.74, 6) is 0. The summed E-state index contributed by atoms with van der Waals surface area (Å²) in [5.41, 5.74) is 0.559.